The fourth-order valence-electron chi connectivity index (χ4n) is 1.21. The lowest BCUT2D eigenvalue weighted by molar-refractivity contribution is -0.115. The summed E-state index contributed by atoms with van der Waals surface area (Å²) in [6.07, 6.45) is 5.06. The van der Waals surface area contributed by atoms with Gasteiger partial charge >= 0.3 is 0 Å². The second-order valence-electron chi connectivity index (χ2n) is 3.08. The highest BCUT2D eigenvalue weighted by Gasteiger charge is 2.24. The van der Waals surface area contributed by atoms with Crippen LogP contribution in [0.2, 0.25) is 0 Å². The summed E-state index contributed by atoms with van der Waals surface area (Å²) in [6, 6.07) is 1.80. The van der Waals surface area contributed by atoms with Gasteiger partial charge in [0.2, 0.25) is 0 Å². The number of nitrogens with zero attached hydrogens (tertiary/aromatic N) is 1. The third-order valence-corrected chi connectivity index (χ3v) is 2.80. The zero-order valence-corrected chi connectivity index (χ0v) is 8.80. The van der Waals surface area contributed by atoms with Crippen LogP contribution in [-0.2, 0) is 4.79 Å². The first-order chi connectivity index (χ1) is 7.16. The second-order valence-corrected chi connectivity index (χ2v) is 4.10. The predicted octanol–water partition coefficient (Wildman–Crippen LogP) is 1.71. The number of nitrogens with one attached hydrogen (secondary N) is 1. The van der Waals surface area contributed by atoms with Crippen molar-refractivity contribution in [3.05, 3.63) is 34.5 Å². The molecule has 1 aromatic heterocycles. The minimum atomic E-state index is -0.332. The molecule has 15 heavy (non-hydrogen) atoms. The van der Waals surface area contributed by atoms with Gasteiger partial charge in [-0.2, -0.15) is 0 Å². The molecule has 5 heteroatoms. The largest absolute Gasteiger partial charge is 0.290 e. The lowest BCUT2D eigenvalue weighted by Gasteiger charge is -1.98. The van der Waals surface area contributed by atoms with Gasteiger partial charge in [0, 0.05) is 12.4 Å². The normalized spacial score (nSPS) is 18.3. The van der Waals surface area contributed by atoms with E-state index in [-0.39, 0.29) is 11.1 Å². The van der Waals surface area contributed by atoms with E-state index in [0.717, 1.165) is 22.9 Å². The highest BCUT2D eigenvalue weighted by atomic mass is 32.2. The minimum Gasteiger partial charge on any atom is -0.282 e. The Kier molecular flexibility index (Phi) is 2.55. The van der Waals surface area contributed by atoms with Crippen molar-refractivity contribution in [2.75, 3.05) is 0 Å². The summed E-state index contributed by atoms with van der Waals surface area (Å²) in [4.78, 5) is 26.6. The number of aromatic nitrogens is 1. The van der Waals surface area contributed by atoms with Gasteiger partial charge in [-0.1, -0.05) is 0 Å². The van der Waals surface area contributed by atoms with Gasteiger partial charge in [0.25, 0.3) is 11.1 Å². The highest BCUT2D eigenvalue weighted by Crippen LogP contribution is 2.25. The Labute approximate surface area is 90.8 Å². The minimum absolute atomic E-state index is 0.321. The second kappa shape index (κ2) is 3.86. The van der Waals surface area contributed by atoms with E-state index in [4.69, 9.17) is 0 Å². The molecule has 0 aliphatic carbocycles. The quantitative estimate of drug-likeness (QED) is 0.732. The van der Waals surface area contributed by atoms with Crippen molar-refractivity contribution in [1.29, 1.82) is 0 Å². The first-order valence-corrected chi connectivity index (χ1v) is 5.14. The molecule has 4 nitrogen and oxygen atoms in total. The number of pyridine rings is 1. The number of rotatable bonds is 1. The van der Waals surface area contributed by atoms with E-state index in [1.807, 2.05) is 6.92 Å². The molecular formula is C10H8N2O2S. The maximum atomic E-state index is 11.3. The monoisotopic (exact) mass is 220 g/mol. The third kappa shape index (κ3) is 2.07. The summed E-state index contributed by atoms with van der Waals surface area (Å²) in [5.41, 5.74) is 1.87. The van der Waals surface area contributed by atoms with Crippen molar-refractivity contribution in [2.24, 2.45) is 0 Å². The Morgan fingerprint density at radius 3 is 2.87 bits per heavy atom. The third-order valence-electron chi connectivity index (χ3n) is 1.99. The predicted molar refractivity (Wildman–Crippen MR) is 58.1 cm³/mol. The number of imide groups is 1. The SMILES string of the molecule is Cc1cnccc1/C=C1\SC(=O)NC1=O. The fraction of sp³-hybridized carbons (Fsp3) is 0.100. The Morgan fingerprint density at radius 2 is 2.27 bits per heavy atom. The van der Waals surface area contributed by atoms with Crippen molar-refractivity contribution in [3.63, 3.8) is 0 Å². The van der Waals surface area contributed by atoms with Crippen molar-refractivity contribution >= 4 is 29.0 Å². The molecule has 0 spiro atoms. The van der Waals surface area contributed by atoms with E-state index in [9.17, 15) is 9.59 Å². The van der Waals surface area contributed by atoms with Crippen LogP contribution >= 0.6 is 11.8 Å². The highest BCUT2D eigenvalue weighted by molar-refractivity contribution is 8.18. The molecule has 0 bridgehead atoms. The van der Waals surface area contributed by atoms with Gasteiger partial charge in [0.05, 0.1) is 4.91 Å². The van der Waals surface area contributed by atoms with E-state index in [2.05, 4.69) is 10.3 Å². The molecule has 1 aliphatic heterocycles. The molecule has 1 aliphatic rings. The summed E-state index contributed by atoms with van der Waals surface area (Å²) in [5.74, 6) is -0.332. The van der Waals surface area contributed by atoms with Crippen LogP contribution in [0.1, 0.15) is 11.1 Å². The molecular weight excluding hydrogens is 212 g/mol. The van der Waals surface area contributed by atoms with E-state index < -0.39 is 0 Å². The van der Waals surface area contributed by atoms with Crippen molar-refractivity contribution in [1.82, 2.24) is 10.3 Å². The maximum Gasteiger partial charge on any atom is 0.290 e. The molecule has 0 aromatic carbocycles. The van der Waals surface area contributed by atoms with Crippen LogP contribution in [0.3, 0.4) is 0 Å². The van der Waals surface area contributed by atoms with Crippen LogP contribution in [0.25, 0.3) is 6.08 Å². The smallest absolute Gasteiger partial charge is 0.282 e. The average Bonchev–Trinajstić information content (AvgIpc) is 2.49. The van der Waals surface area contributed by atoms with Crippen molar-refractivity contribution in [2.45, 2.75) is 6.92 Å². The van der Waals surface area contributed by atoms with Gasteiger partial charge in [-0.3, -0.25) is 19.9 Å². The zero-order valence-electron chi connectivity index (χ0n) is 7.98. The molecule has 0 atom stereocenters. The lowest BCUT2D eigenvalue weighted by atomic mass is 10.1. The molecule has 0 saturated carbocycles. The van der Waals surface area contributed by atoms with Crippen LogP contribution in [0.5, 0.6) is 0 Å². The van der Waals surface area contributed by atoms with Gasteiger partial charge in [0.15, 0.2) is 0 Å². The molecule has 1 N–H and O–H groups in total. The first kappa shape index (κ1) is 9.92. The van der Waals surface area contributed by atoms with Gasteiger partial charge in [-0.05, 0) is 42.0 Å². The summed E-state index contributed by atoms with van der Waals surface area (Å²) in [5, 5.41) is 1.89. The Balaban J connectivity index is 2.35. The van der Waals surface area contributed by atoms with Gasteiger partial charge in [-0.25, -0.2) is 0 Å². The van der Waals surface area contributed by atoms with Crippen molar-refractivity contribution < 1.29 is 9.59 Å². The molecule has 2 heterocycles. The topological polar surface area (TPSA) is 59.1 Å². The van der Waals surface area contributed by atoms with Crippen LogP contribution in [-0.4, -0.2) is 16.1 Å². The molecule has 76 valence electrons. The summed E-state index contributed by atoms with van der Waals surface area (Å²) in [7, 11) is 0. The van der Waals surface area contributed by atoms with E-state index in [1.165, 1.54) is 0 Å². The van der Waals surface area contributed by atoms with Crippen LogP contribution < -0.4 is 5.32 Å². The first-order valence-electron chi connectivity index (χ1n) is 4.32. The van der Waals surface area contributed by atoms with E-state index >= 15 is 0 Å². The average molecular weight is 220 g/mol. The lowest BCUT2D eigenvalue weighted by Crippen LogP contribution is -2.17. The van der Waals surface area contributed by atoms with Gasteiger partial charge in [0.1, 0.15) is 0 Å². The van der Waals surface area contributed by atoms with Crippen molar-refractivity contribution in [3.8, 4) is 0 Å². The van der Waals surface area contributed by atoms with Crippen LogP contribution in [0, 0.1) is 6.92 Å². The van der Waals surface area contributed by atoms with Gasteiger partial charge < -0.3 is 0 Å². The number of amides is 2. The molecule has 1 aromatic rings. The number of aryl methyl sites for hydroxylation is 1. The fourth-order valence-corrected chi connectivity index (χ4v) is 1.88. The van der Waals surface area contributed by atoms with E-state index in [1.54, 1.807) is 24.5 Å². The standard InChI is InChI=1S/C10H8N2O2S/c1-6-5-11-3-2-7(6)4-8-9(13)12-10(14)15-8/h2-5H,1H3,(H,12,13,14)/b8-4-. The molecule has 0 unspecified atom stereocenters. The summed E-state index contributed by atoms with van der Waals surface area (Å²) < 4.78 is 0. The molecule has 1 saturated heterocycles. The van der Waals surface area contributed by atoms with Gasteiger partial charge in [-0.15, -0.1) is 0 Å². The molecule has 2 rings (SSSR count). The Morgan fingerprint density at radius 1 is 1.47 bits per heavy atom. The van der Waals surface area contributed by atoms with E-state index in [0.29, 0.717) is 4.91 Å². The van der Waals surface area contributed by atoms with Crippen LogP contribution in [0.4, 0.5) is 4.79 Å². The number of carbonyl (C=O) groups is 2. The molecule has 2 amide bonds. The molecule has 1 fully saturated rings. The maximum absolute atomic E-state index is 11.3. The summed E-state index contributed by atoms with van der Waals surface area (Å²) >= 11 is 0.918. The number of carbonyl (C=O) groups excluding carboxylic acids is 2. The van der Waals surface area contributed by atoms with Crippen LogP contribution in [0.15, 0.2) is 23.4 Å². The summed E-state index contributed by atoms with van der Waals surface area (Å²) in [6.45, 7) is 1.90. The number of thioether (sulfide) groups is 1. The number of hydrogen-bond acceptors (Lipinski definition) is 4. The molecule has 0 radical (unpaired) electrons. The Bertz CT molecular complexity index is 468. The number of hydrogen-bond donors (Lipinski definition) is 1. The zero-order chi connectivity index (χ0) is 10.8. The Hall–Kier alpha value is -1.62.